The number of benzene rings is 2. The molecule has 2 aromatic carbocycles. The van der Waals surface area contributed by atoms with Gasteiger partial charge >= 0.3 is 0 Å². The molecular weight excluding hydrogens is 414 g/mol. The van der Waals surface area contributed by atoms with Gasteiger partial charge < -0.3 is 10.2 Å². The number of aryl methyl sites for hydroxylation is 1. The van der Waals surface area contributed by atoms with Crippen molar-refractivity contribution in [3.05, 3.63) is 70.3 Å². The number of nitrogens with zero attached hydrogens (tertiary/aromatic N) is 2. The molecule has 2 aliphatic rings. The quantitative estimate of drug-likeness (QED) is 0.697. The number of halogens is 1. The predicted molar refractivity (Wildman–Crippen MR) is 122 cm³/mol. The predicted octanol–water partition coefficient (Wildman–Crippen LogP) is 3.43. The average Bonchev–Trinajstić information content (AvgIpc) is 2.99. The van der Waals surface area contributed by atoms with Gasteiger partial charge in [0.2, 0.25) is 0 Å². The summed E-state index contributed by atoms with van der Waals surface area (Å²) in [7, 11) is 0. The lowest BCUT2D eigenvalue weighted by Crippen LogP contribution is -2.37. The second-order valence-electron chi connectivity index (χ2n) is 8.10. The van der Waals surface area contributed by atoms with Crippen LogP contribution in [0.3, 0.4) is 0 Å². The minimum absolute atomic E-state index is 0. The van der Waals surface area contributed by atoms with Gasteiger partial charge in [0.25, 0.3) is 17.7 Å². The first kappa shape index (κ1) is 23.0. The van der Waals surface area contributed by atoms with Crippen molar-refractivity contribution in [2.75, 3.05) is 26.2 Å². The minimum atomic E-state index is -0.348. The Balaban J connectivity index is 0.00000272. The van der Waals surface area contributed by atoms with Crippen molar-refractivity contribution in [2.24, 2.45) is 0 Å². The second-order valence-corrected chi connectivity index (χ2v) is 8.10. The molecule has 1 fully saturated rings. The zero-order valence-electron chi connectivity index (χ0n) is 17.7. The Hall–Kier alpha value is -2.70. The van der Waals surface area contributed by atoms with Gasteiger partial charge in [-0.3, -0.25) is 19.3 Å². The minimum Gasteiger partial charge on any atom is -0.351 e. The van der Waals surface area contributed by atoms with Gasteiger partial charge in [-0.05, 0) is 56.6 Å². The first-order valence-corrected chi connectivity index (χ1v) is 10.6. The molecule has 4 rings (SSSR count). The first-order chi connectivity index (χ1) is 14.5. The molecule has 1 N–H and O–H groups in total. The lowest BCUT2D eigenvalue weighted by molar-refractivity contribution is 0.0642. The van der Waals surface area contributed by atoms with Crippen LogP contribution >= 0.6 is 12.4 Å². The molecule has 2 aromatic rings. The van der Waals surface area contributed by atoms with Crippen molar-refractivity contribution < 1.29 is 14.4 Å². The molecule has 0 aromatic heterocycles. The summed E-state index contributed by atoms with van der Waals surface area (Å²) in [4.78, 5) is 41.7. The van der Waals surface area contributed by atoms with Crippen molar-refractivity contribution in [3.8, 4) is 0 Å². The Labute approximate surface area is 189 Å². The summed E-state index contributed by atoms with van der Waals surface area (Å²) in [5.41, 5.74) is 3.05. The Morgan fingerprint density at radius 1 is 0.968 bits per heavy atom. The number of imide groups is 1. The van der Waals surface area contributed by atoms with Crippen LogP contribution in [0, 0.1) is 6.92 Å². The molecule has 0 atom stereocenters. The number of carbonyl (C=O) groups is 3. The average molecular weight is 442 g/mol. The van der Waals surface area contributed by atoms with E-state index in [-0.39, 0.29) is 36.7 Å². The summed E-state index contributed by atoms with van der Waals surface area (Å²) in [6.07, 6.45) is 3.72. The first-order valence-electron chi connectivity index (χ1n) is 10.6. The fourth-order valence-electron chi connectivity index (χ4n) is 4.18. The summed E-state index contributed by atoms with van der Waals surface area (Å²) in [6, 6.07) is 12.5. The van der Waals surface area contributed by atoms with Crippen molar-refractivity contribution in [3.63, 3.8) is 0 Å². The highest BCUT2D eigenvalue weighted by Crippen LogP contribution is 2.26. The summed E-state index contributed by atoms with van der Waals surface area (Å²) in [6.45, 7) is 5.78. The van der Waals surface area contributed by atoms with Crippen LogP contribution in [0.2, 0.25) is 0 Å². The molecule has 2 heterocycles. The summed E-state index contributed by atoms with van der Waals surface area (Å²) < 4.78 is 0. The fourth-order valence-corrected chi connectivity index (χ4v) is 4.18. The Morgan fingerprint density at radius 3 is 2.45 bits per heavy atom. The van der Waals surface area contributed by atoms with E-state index in [1.165, 1.54) is 24.2 Å². The lowest BCUT2D eigenvalue weighted by atomic mass is 10.1. The van der Waals surface area contributed by atoms with Crippen molar-refractivity contribution in [1.82, 2.24) is 15.1 Å². The van der Waals surface area contributed by atoms with Crippen molar-refractivity contribution in [2.45, 2.75) is 32.7 Å². The Kier molecular flexibility index (Phi) is 7.46. The lowest BCUT2D eigenvalue weighted by Gasteiger charge is -2.26. The van der Waals surface area contributed by atoms with Crippen LogP contribution in [0.15, 0.2) is 42.5 Å². The maximum absolute atomic E-state index is 12.9. The molecule has 0 spiro atoms. The fraction of sp³-hybridized carbons (Fsp3) is 0.375. The molecule has 6 nitrogen and oxygen atoms in total. The Morgan fingerprint density at radius 2 is 1.71 bits per heavy atom. The number of carbonyl (C=O) groups excluding carboxylic acids is 3. The zero-order chi connectivity index (χ0) is 21.1. The van der Waals surface area contributed by atoms with Crippen LogP contribution in [0.4, 0.5) is 0 Å². The number of fused-ring (bicyclic) bond motifs is 1. The van der Waals surface area contributed by atoms with Gasteiger partial charge in [0.1, 0.15) is 0 Å². The molecule has 0 aliphatic carbocycles. The number of nitrogens with one attached hydrogen (secondary N) is 1. The highest BCUT2D eigenvalue weighted by Gasteiger charge is 2.36. The van der Waals surface area contributed by atoms with Crippen LogP contribution in [0.5, 0.6) is 0 Å². The number of hydrogen-bond acceptors (Lipinski definition) is 4. The molecule has 0 saturated carbocycles. The summed E-state index contributed by atoms with van der Waals surface area (Å²) in [5, 5.41) is 2.93. The zero-order valence-corrected chi connectivity index (χ0v) is 18.5. The van der Waals surface area contributed by atoms with Crippen LogP contribution < -0.4 is 5.32 Å². The standard InChI is InChI=1S/C24H27N3O3.ClH/c1-17-6-5-7-18(14-17)16-27-23(29)20-9-8-19(15-21(20)24(27)30)22(28)25-10-13-26-11-3-2-4-12-26;/h5-9,14-15H,2-4,10-13,16H2,1H3,(H,25,28);1H. The molecule has 31 heavy (non-hydrogen) atoms. The third-order valence-electron chi connectivity index (χ3n) is 5.82. The van der Waals surface area contributed by atoms with E-state index in [4.69, 9.17) is 0 Å². The summed E-state index contributed by atoms with van der Waals surface area (Å²) in [5.74, 6) is -0.875. The molecule has 2 aliphatic heterocycles. The largest absolute Gasteiger partial charge is 0.351 e. The van der Waals surface area contributed by atoms with E-state index < -0.39 is 0 Å². The second kappa shape index (κ2) is 10.1. The van der Waals surface area contributed by atoms with E-state index in [0.717, 1.165) is 30.8 Å². The molecule has 164 valence electrons. The van der Waals surface area contributed by atoms with Crippen LogP contribution in [0.25, 0.3) is 0 Å². The van der Waals surface area contributed by atoms with Gasteiger partial charge in [-0.2, -0.15) is 0 Å². The summed E-state index contributed by atoms with van der Waals surface area (Å²) >= 11 is 0. The third-order valence-corrected chi connectivity index (χ3v) is 5.82. The molecule has 1 saturated heterocycles. The van der Waals surface area contributed by atoms with E-state index in [2.05, 4.69) is 10.2 Å². The van der Waals surface area contributed by atoms with Gasteiger partial charge in [0.05, 0.1) is 17.7 Å². The molecule has 7 heteroatoms. The van der Waals surface area contributed by atoms with Crippen molar-refractivity contribution >= 4 is 30.1 Å². The van der Waals surface area contributed by atoms with Gasteiger partial charge in [0, 0.05) is 18.7 Å². The normalized spacial score (nSPS) is 16.1. The van der Waals surface area contributed by atoms with Gasteiger partial charge in [-0.15, -0.1) is 12.4 Å². The van der Waals surface area contributed by atoms with E-state index in [0.29, 0.717) is 23.2 Å². The monoisotopic (exact) mass is 441 g/mol. The van der Waals surface area contributed by atoms with E-state index in [1.807, 2.05) is 31.2 Å². The van der Waals surface area contributed by atoms with Gasteiger partial charge in [-0.1, -0.05) is 36.2 Å². The maximum atomic E-state index is 12.9. The molecule has 0 bridgehead atoms. The van der Waals surface area contributed by atoms with Crippen LogP contribution in [-0.2, 0) is 6.54 Å². The number of amides is 3. The number of piperidine rings is 1. The van der Waals surface area contributed by atoms with E-state index in [1.54, 1.807) is 18.2 Å². The van der Waals surface area contributed by atoms with Crippen LogP contribution in [0.1, 0.15) is 61.5 Å². The smallest absolute Gasteiger partial charge is 0.261 e. The van der Waals surface area contributed by atoms with Gasteiger partial charge in [0.15, 0.2) is 0 Å². The number of hydrogen-bond donors (Lipinski definition) is 1. The van der Waals surface area contributed by atoms with E-state index in [9.17, 15) is 14.4 Å². The SMILES string of the molecule is Cc1cccc(CN2C(=O)c3ccc(C(=O)NCCN4CCCCC4)cc3C2=O)c1.Cl. The Bertz CT molecular complexity index is 986. The molecular formula is C24H28ClN3O3. The van der Waals surface area contributed by atoms with Crippen LogP contribution in [-0.4, -0.2) is 53.7 Å². The van der Waals surface area contributed by atoms with Gasteiger partial charge in [-0.25, -0.2) is 0 Å². The molecule has 0 radical (unpaired) electrons. The highest BCUT2D eigenvalue weighted by molar-refractivity contribution is 6.22. The maximum Gasteiger partial charge on any atom is 0.261 e. The third kappa shape index (κ3) is 5.14. The molecule has 3 amide bonds. The van der Waals surface area contributed by atoms with Crippen molar-refractivity contribution in [1.29, 1.82) is 0 Å². The molecule has 0 unspecified atom stereocenters. The topological polar surface area (TPSA) is 69.7 Å². The van der Waals surface area contributed by atoms with E-state index >= 15 is 0 Å². The number of rotatable bonds is 6. The number of likely N-dealkylation sites (tertiary alicyclic amines) is 1. The highest BCUT2D eigenvalue weighted by atomic mass is 35.5.